The number of guanidine groups is 1. The third-order valence-corrected chi connectivity index (χ3v) is 3.71. The number of rotatable bonds is 7. The molecule has 1 aromatic carbocycles. The largest absolute Gasteiger partial charge is 0.356 e. The molecule has 0 aliphatic heterocycles. The fraction of sp³-hybridized carbons (Fsp3) is 0.500. The monoisotopic (exact) mass is 425 g/mol. The Labute approximate surface area is 144 Å². The number of aryl methyl sites for hydroxylation is 1. The van der Waals surface area contributed by atoms with Crippen LogP contribution in [0.15, 0.2) is 35.3 Å². The van der Waals surface area contributed by atoms with E-state index in [0.717, 1.165) is 19.4 Å². The average Bonchev–Trinajstić information content (AvgIpc) is 2.41. The lowest BCUT2D eigenvalue weighted by Crippen LogP contribution is -2.39. The summed E-state index contributed by atoms with van der Waals surface area (Å²) in [4.78, 5) is 4.05. The van der Waals surface area contributed by atoms with Gasteiger partial charge in [-0.2, -0.15) is 0 Å². The number of nitrogens with zero attached hydrogens (tertiary/aromatic N) is 1. The molecule has 21 heavy (non-hydrogen) atoms. The van der Waals surface area contributed by atoms with Gasteiger partial charge in [-0.15, -0.1) is 24.0 Å². The SMILES string of the molecule is CN=C(NCCCc1ccccc1)NCCS(C)(=O)=O.I. The van der Waals surface area contributed by atoms with Gasteiger partial charge in [0, 0.05) is 26.4 Å². The molecule has 0 atom stereocenters. The minimum atomic E-state index is -2.93. The first-order valence-electron chi connectivity index (χ1n) is 6.67. The summed E-state index contributed by atoms with van der Waals surface area (Å²) in [6, 6.07) is 10.3. The van der Waals surface area contributed by atoms with E-state index in [1.165, 1.54) is 11.8 Å². The van der Waals surface area contributed by atoms with Crippen LogP contribution in [0.5, 0.6) is 0 Å². The van der Waals surface area contributed by atoms with E-state index in [1.54, 1.807) is 7.05 Å². The summed E-state index contributed by atoms with van der Waals surface area (Å²) < 4.78 is 22.0. The van der Waals surface area contributed by atoms with Gasteiger partial charge in [0.2, 0.25) is 0 Å². The van der Waals surface area contributed by atoms with Crippen LogP contribution < -0.4 is 10.6 Å². The Hall–Kier alpha value is -0.830. The minimum absolute atomic E-state index is 0. The molecule has 0 saturated heterocycles. The zero-order valence-corrected chi connectivity index (χ0v) is 15.6. The van der Waals surface area contributed by atoms with Gasteiger partial charge in [-0.05, 0) is 18.4 Å². The van der Waals surface area contributed by atoms with Crippen molar-refractivity contribution < 1.29 is 8.42 Å². The van der Waals surface area contributed by atoms with Crippen molar-refractivity contribution in [3.8, 4) is 0 Å². The first-order chi connectivity index (χ1) is 9.51. The lowest BCUT2D eigenvalue weighted by Gasteiger charge is -2.11. The number of benzene rings is 1. The number of hydrogen-bond acceptors (Lipinski definition) is 3. The lowest BCUT2D eigenvalue weighted by atomic mass is 10.1. The maximum Gasteiger partial charge on any atom is 0.191 e. The Morgan fingerprint density at radius 2 is 1.76 bits per heavy atom. The second-order valence-corrected chi connectivity index (χ2v) is 6.90. The summed E-state index contributed by atoms with van der Waals surface area (Å²) in [6.07, 6.45) is 3.23. The Kier molecular flexibility index (Phi) is 10.4. The smallest absolute Gasteiger partial charge is 0.191 e. The van der Waals surface area contributed by atoms with Crippen LogP contribution in [0, 0.1) is 0 Å². The second-order valence-electron chi connectivity index (χ2n) is 4.64. The van der Waals surface area contributed by atoms with Crippen LogP contribution in [-0.4, -0.2) is 46.5 Å². The van der Waals surface area contributed by atoms with Crippen LogP contribution in [0.1, 0.15) is 12.0 Å². The van der Waals surface area contributed by atoms with Gasteiger partial charge in [0.05, 0.1) is 5.75 Å². The van der Waals surface area contributed by atoms with Crippen LogP contribution in [0.4, 0.5) is 0 Å². The van der Waals surface area contributed by atoms with E-state index in [1.807, 2.05) is 18.2 Å². The molecule has 2 N–H and O–H groups in total. The van der Waals surface area contributed by atoms with Crippen molar-refractivity contribution in [1.82, 2.24) is 10.6 Å². The Morgan fingerprint density at radius 1 is 1.14 bits per heavy atom. The fourth-order valence-electron chi connectivity index (χ4n) is 1.72. The fourth-order valence-corrected chi connectivity index (χ4v) is 2.19. The van der Waals surface area contributed by atoms with E-state index in [9.17, 15) is 8.42 Å². The van der Waals surface area contributed by atoms with Gasteiger partial charge in [-0.3, -0.25) is 4.99 Å². The highest BCUT2D eigenvalue weighted by Crippen LogP contribution is 2.01. The van der Waals surface area contributed by atoms with Gasteiger partial charge in [0.1, 0.15) is 9.84 Å². The number of hydrogen-bond donors (Lipinski definition) is 2. The molecule has 120 valence electrons. The van der Waals surface area contributed by atoms with Crippen LogP contribution in [0.3, 0.4) is 0 Å². The summed E-state index contributed by atoms with van der Waals surface area (Å²) in [6.45, 7) is 1.17. The van der Waals surface area contributed by atoms with Gasteiger partial charge in [0.25, 0.3) is 0 Å². The van der Waals surface area contributed by atoms with Gasteiger partial charge in [0.15, 0.2) is 5.96 Å². The first-order valence-corrected chi connectivity index (χ1v) is 8.73. The van der Waals surface area contributed by atoms with Crippen molar-refractivity contribution in [1.29, 1.82) is 0 Å². The number of sulfone groups is 1. The van der Waals surface area contributed by atoms with Gasteiger partial charge in [-0.25, -0.2) is 8.42 Å². The molecule has 0 saturated carbocycles. The van der Waals surface area contributed by atoms with E-state index in [-0.39, 0.29) is 29.7 Å². The molecule has 0 unspecified atom stereocenters. The molecular weight excluding hydrogens is 401 g/mol. The minimum Gasteiger partial charge on any atom is -0.356 e. The highest BCUT2D eigenvalue weighted by molar-refractivity contribution is 14.0. The molecule has 0 fully saturated rings. The second kappa shape index (κ2) is 10.8. The van der Waals surface area contributed by atoms with Gasteiger partial charge < -0.3 is 10.6 Å². The number of aliphatic imine (C=N–C) groups is 1. The third kappa shape index (κ3) is 10.5. The van der Waals surface area contributed by atoms with E-state index >= 15 is 0 Å². The molecule has 0 spiro atoms. The zero-order chi connectivity index (χ0) is 14.8. The standard InChI is InChI=1S/C14H23N3O2S.HI/c1-15-14(17-11-12-20(2,18)19)16-10-6-9-13-7-4-3-5-8-13;/h3-5,7-8H,6,9-12H2,1-2H3,(H2,15,16,17);1H. The maximum absolute atomic E-state index is 11.0. The van der Waals surface area contributed by atoms with Crippen LogP contribution in [-0.2, 0) is 16.3 Å². The molecule has 1 aromatic rings. The highest BCUT2D eigenvalue weighted by atomic mass is 127. The van der Waals surface area contributed by atoms with Crippen molar-refractivity contribution in [2.45, 2.75) is 12.8 Å². The van der Waals surface area contributed by atoms with Crippen molar-refractivity contribution in [2.75, 3.05) is 32.1 Å². The summed E-state index contributed by atoms with van der Waals surface area (Å²) in [7, 11) is -1.26. The average molecular weight is 425 g/mol. The predicted molar refractivity (Wildman–Crippen MR) is 99.3 cm³/mol. The highest BCUT2D eigenvalue weighted by Gasteiger charge is 2.02. The summed E-state index contributed by atoms with van der Waals surface area (Å²) >= 11 is 0. The molecule has 5 nitrogen and oxygen atoms in total. The molecule has 0 aliphatic rings. The number of halogens is 1. The van der Waals surface area contributed by atoms with Crippen LogP contribution in [0.2, 0.25) is 0 Å². The molecule has 0 radical (unpaired) electrons. The molecule has 0 aromatic heterocycles. The Bertz CT molecular complexity index is 518. The normalized spacial score (nSPS) is 11.6. The summed E-state index contributed by atoms with van der Waals surface area (Å²) in [5.74, 6) is 0.749. The lowest BCUT2D eigenvalue weighted by molar-refractivity contribution is 0.600. The van der Waals surface area contributed by atoms with Crippen LogP contribution >= 0.6 is 24.0 Å². The predicted octanol–water partition coefficient (Wildman–Crippen LogP) is 1.45. The molecule has 0 heterocycles. The van der Waals surface area contributed by atoms with E-state index in [2.05, 4.69) is 27.8 Å². The van der Waals surface area contributed by atoms with E-state index in [4.69, 9.17) is 0 Å². The van der Waals surface area contributed by atoms with Gasteiger partial charge >= 0.3 is 0 Å². The zero-order valence-electron chi connectivity index (χ0n) is 12.5. The molecular formula is C14H24IN3O2S. The number of nitrogens with one attached hydrogen (secondary N) is 2. The molecule has 0 bridgehead atoms. The molecule has 0 aliphatic carbocycles. The molecule has 0 amide bonds. The van der Waals surface area contributed by atoms with E-state index in [0.29, 0.717) is 12.5 Å². The molecule has 1 rings (SSSR count). The quantitative estimate of drug-likeness (QED) is 0.300. The van der Waals surface area contributed by atoms with Crippen LogP contribution in [0.25, 0.3) is 0 Å². The topological polar surface area (TPSA) is 70.6 Å². The first kappa shape index (κ1) is 20.2. The van der Waals surface area contributed by atoms with Crippen molar-refractivity contribution in [2.24, 2.45) is 4.99 Å². The summed E-state index contributed by atoms with van der Waals surface area (Å²) in [5, 5.41) is 6.15. The summed E-state index contributed by atoms with van der Waals surface area (Å²) in [5.41, 5.74) is 1.31. The van der Waals surface area contributed by atoms with E-state index < -0.39 is 9.84 Å². The Balaban J connectivity index is 0.00000400. The third-order valence-electron chi connectivity index (χ3n) is 2.77. The Morgan fingerprint density at radius 3 is 2.33 bits per heavy atom. The van der Waals surface area contributed by atoms with Crippen molar-refractivity contribution in [3.05, 3.63) is 35.9 Å². The molecule has 7 heteroatoms. The van der Waals surface area contributed by atoms with Crippen molar-refractivity contribution >= 4 is 39.8 Å². The van der Waals surface area contributed by atoms with Crippen molar-refractivity contribution in [3.63, 3.8) is 0 Å². The van der Waals surface area contributed by atoms with Gasteiger partial charge in [-0.1, -0.05) is 30.3 Å². The maximum atomic E-state index is 11.0.